The first-order chi connectivity index (χ1) is 11.4. The van der Waals surface area contributed by atoms with Crippen molar-refractivity contribution in [3.8, 4) is 0 Å². The third-order valence-electron chi connectivity index (χ3n) is 4.32. The van der Waals surface area contributed by atoms with Crippen LogP contribution in [0.25, 0.3) is 0 Å². The maximum atomic E-state index is 12.9. The second-order valence-corrected chi connectivity index (χ2v) is 9.30. The molecule has 24 heavy (non-hydrogen) atoms. The van der Waals surface area contributed by atoms with Crippen molar-refractivity contribution < 1.29 is 13.2 Å². The molecule has 1 aliphatic carbocycles. The first kappa shape index (κ1) is 17.1. The van der Waals surface area contributed by atoms with Crippen LogP contribution in [0.5, 0.6) is 0 Å². The minimum absolute atomic E-state index is 0.118. The van der Waals surface area contributed by atoms with Gasteiger partial charge >= 0.3 is 0 Å². The van der Waals surface area contributed by atoms with E-state index in [0.717, 1.165) is 23.3 Å². The predicted octanol–water partition coefficient (Wildman–Crippen LogP) is 2.69. The smallest absolute Gasteiger partial charge is 0.252 e. The van der Waals surface area contributed by atoms with Crippen LogP contribution in [0.2, 0.25) is 0 Å². The molecule has 1 heterocycles. The van der Waals surface area contributed by atoms with E-state index in [0.29, 0.717) is 10.8 Å². The summed E-state index contributed by atoms with van der Waals surface area (Å²) >= 11 is 1.21. The van der Waals surface area contributed by atoms with E-state index in [2.05, 4.69) is 11.4 Å². The topological polar surface area (TPSA) is 66.5 Å². The van der Waals surface area contributed by atoms with Crippen LogP contribution < -0.4 is 5.32 Å². The molecule has 1 aliphatic rings. The third-order valence-corrected chi connectivity index (χ3v) is 7.74. The van der Waals surface area contributed by atoms with E-state index >= 15 is 0 Å². The highest BCUT2D eigenvalue weighted by molar-refractivity contribution is 7.91. The number of amides is 1. The van der Waals surface area contributed by atoms with Crippen LogP contribution in [0, 0.1) is 0 Å². The molecular formula is C17H20N2O3S2. The minimum Gasteiger partial charge on any atom is -0.351 e. The van der Waals surface area contributed by atoms with Gasteiger partial charge < -0.3 is 5.32 Å². The van der Waals surface area contributed by atoms with Gasteiger partial charge in [-0.3, -0.25) is 4.79 Å². The van der Waals surface area contributed by atoms with E-state index in [-0.39, 0.29) is 11.9 Å². The molecule has 1 unspecified atom stereocenters. The predicted molar refractivity (Wildman–Crippen MR) is 94.3 cm³/mol. The van der Waals surface area contributed by atoms with Crippen molar-refractivity contribution in [3.63, 3.8) is 0 Å². The number of hydrogen-bond donors (Lipinski definition) is 1. The lowest BCUT2D eigenvalue weighted by Crippen LogP contribution is -2.29. The molecule has 3 rings (SSSR count). The Morgan fingerprint density at radius 2 is 2.04 bits per heavy atom. The summed E-state index contributed by atoms with van der Waals surface area (Å²) in [7, 11) is -1.90. The number of benzene rings is 1. The maximum absolute atomic E-state index is 12.9. The van der Waals surface area contributed by atoms with Gasteiger partial charge in [0.25, 0.3) is 10.0 Å². The van der Waals surface area contributed by atoms with E-state index in [1.807, 2.05) is 18.2 Å². The van der Waals surface area contributed by atoms with Gasteiger partial charge in [0.2, 0.25) is 5.91 Å². The number of rotatable bonds is 5. The van der Waals surface area contributed by atoms with E-state index < -0.39 is 10.0 Å². The van der Waals surface area contributed by atoms with Crippen LogP contribution in [0.4, 0.5) is 0 Å². The first-order valence-corrected chi connectivity index (χ1v) is 10.0. The summed E-state index contributed by atoms with van der Waals surface area (Å²) in [6, 6.07) is 11.3. The zero-order valence-electron chi connectivity index (χ0n) is 13.7. The molecule has 0 spiro atoms. The second-order valence-electron chi connectivity index (χ2n) is 5.91. The zero-order valence-corrected chi connectivity index (χ0v) is 15.3. The minimum atomic E-state index is -3.54. The van der Waals surface area contributed by atoms with Crippen molar-refractivity contribution in [1.82, 2.24) is 9.62 Å². The number of sulfonamides is 1. The lowest BCUT2D eigenvalue weighted by molar-refractivity contribution is -0.119. The van der Waals surface area contributed by atoms with E-state index in [4.69, 9.17) is 0 Å². The average molecular weight is 364 g/mol. The number of aryl methyl sites for hydroxylation is 1. The van der Waals surface area contributed by atoms with Crippen molar-refractivity contribution in [2.45, 2.75) is 36.6 Å². The van der Waals surface area contributed by atoms with Crippen molar-refractivity contribution in [3.05, 3.63) is 52.4 Å². The summed E-state index contributed by atoms with van der Waals surface area (Å²) in [5.41, 5.74) is 2.32. The summed E-state index contributed by atoms with van der Waals surface area (Å²) in [6.45, 7) is 1.79. The summed E-state index contributed by atoms with van der Waals surface area (Å²) in [4.78, 5) is 11.8. The molecule has 7 heteroatoms. The van der Waals surface area contributed by atoms with Crippen LogP contribution in [0.1, 0.15) is 35.4 Å². The van der Waals surface area contributed by atoms with E-state index in [1.54, 1.807) is 19.2 Å². The van der Waals surface area contributed by atoms with Gasteiger partial charge in [-0.25, -0.2) is 8.42 Å². The van der Waals surface area contributed by atoms with Crippen LogP contribution in [0.3, 0.4) is 0 Å². The van der Waals surface area contributed by atoms with Crippen molar-refractivity contribution in [2.24, 2.45) is 0 Å². The van der Waals surface area contributed by atoms with Gasteiger partial charge in [0.05, 0.1) is 12.6 Å². The SMILES string of the molecule is CC(=O)NCc1ccc(S(=O)(=O)N(C)C2CCc3ccccc32)s1. The van der Waals surface area contributed by atoms with Gasteiger partial charge in [-0.1, -0.05) is 24.3 Å². The van der Waals surface area contributed by atoms with Crippen molar-refractivity contribution in [2.75, 3.05) is 7.05 Å². The number of hydrogen-bond acceptors (Lipinski definition) is 4. The molecule has 0 fully saturated rings. The summed E-state index contributed by atoms with van der Waals surface area (Å²) in [6.07, 6.45) is 1.71. The molecule has 0 radical (unpaired) electrons. The second kappa shape index (κ2) is 6.66. The van der Waals surface area contributed by atoms with Gasteiger partial charge in [-0.05, 0) is 36.1 Å². The fourth-order valence-corrected chi connectivity index (χ4v) is 5.87. The average Bonchev–Trinajstić information content (AvgIpc) is 3.19. The Morgan fingerprint density at radius 1 is 1.29 bits per heavy atom. The molecule has 1 aromatic heterocycles. The molecule has 0 bridgehead atoms. The molecule has 1 aromatic carbocycles. The van der Waals surface area contributed by atoms with Gasteiger partial charge in [-0.2, -0.15) is 4.31 Å². The molecule has 2 aromatic rings. The molecule has 1 amide bonds. The van der Waals surface area contributed by atoms with Gasteiger partial charge in [0.15, 0.2) is 0 Å². The van der Waals surface area contributed by atoms with Gasteiger partial charge in [0, 0.05) is 18.8 Å². The van der Waals surface area contributed by atoms with Gasteiger partial charge in [0.1, 0.15) is 4.21 Å². The highest BCUT2D eigenvalue weighted by atomic mass is 32.2. The number of nitrogens with zero attached hydrogens (tertiary/aromatic N) is 1. The Hall–Kier alpha value is -1.70. The molecule has 0 aliphatic heterocycles. The molecular weight excluding hydrogens is 344 g/mol. The molecule has 5 nitrogen and oxygen atoms in total. The van der Waals surface area contributed by atoms with Crippen molar-refractivity contribution in [1.29, 1.82) is 0 Å². The summed E-state index contributed by atoms with van der Waals surface area (Å²) in [5.74, 6) is -0.132. The van der Waals surface area contributed by atoms with Gasteiger partial charge in [-0.15, -0.1) is 11.3 Å². The zero-order chi connectivity index (χ0) is 17.3. The maximum Gasteiger partial charge on any atom is 0.252 e. The Bertz CT molecular complexity index is 858. The number of fused-ring (bicyclic) bond motifs is 1. The standard InChI is InChI=1S/C17H20N2O3S2/c1-12(20)18-11-14-8-10-17(23-14)24(21,22)19(2)16-9-7-13-5-3-4-6-15(13)16/h3-6,8,10,16H,7,9,11H2,1-2H3,(H,18,20). The highest BCUT2D eigenvalue weighted by Crippen LogP contribution is 2.38. The largest absolute Gasteiger partial charge is 0.351 e. The van der Waals surface area contributed by atoms with Crippen molar-refractivity contribution >= 4 is 27.3 Å². The molecule has 0 saturated heterocycles. The molecule has 0 saturated carbocycles. The molecule has 1 atom stereocenters. The number of thiophene rings is 1. The first-order valence-electron chi connectivity index (χ1n) is 7.78. The fraction of sp³-hybridized carbons (Fsp3) is 0.353. The van der Waals surface area contributed by atoms with E-state index in [9.17, 15) is 13.2 Å². The Morgan fingerprint density at radius 3 is 2.79 bits per heavy atom. The summed E-state index contributed by atoms with van der Waals surface area (Å²) < 4.78 is 27.7. The van der Waals surface area contributed by atoms with Crippen LogP contribution in [0.15, 0.2) is 40.6 Å². The lowest BCUT2D eigenvalue weighted by atomic mass is 10.1. The number of carbonyl (C=O) groups is 1. The third kappa shape index (κ3) is 3.24. The van der Waals surface area contributed by atoms with E-state index in [1.165, 1.54) is 28.1 Å². The number of nitrogens with one attached hydrogen (secondary N) is 1. The Labute approximate surface area is 146 Å². The quantitative estimate of drug-likeness (QED) is 0.887. The highest BCUT2D eigenvalue weighted by Gasteiger charge is 2.34. The fourth-order valence-electron chi connectivity index (χ4n) is 3.03. The normalized spacial score (nSPS) is 17.0. The Balaban J connectivity index is 1.82. The van der Waals surface area contributed by atoms with Crippen LogP contribution in [-0.4, -0.2) is 25.7 Å². The Kier molecular flexibility index (Phi) is 4.76. The number of carbonyl (C=O) groups excluding carboxylic acids is 1. The van der Waals surface area contributed by atoms with Crippen LogP contribution >= 0.6 is 11.3 Å². The molecule has 128 valence electrons. The van der Waals surface area contributed by atoms with Crippen LogP contribution in [-0.2, 0) is 27.8 Å². The lowest BCUT2D eigenvalue weighted by Gasteiger charge is -2.24. The summed E-state index contributed by atoms with van der Waals surface area (Å²) in [5, 5.41) is 2.69. The monoisotopic (exact) mass is 364 g/mol. The molecule has 1 N–H and O–H groups in total.